The summed E-state index contributed by atoms with van der Waals surface area (Å²) in [6.45, 7) is 4.72. The summed E-state index contributed by atoms with van der Waals surface area (Å²) in [6.07, 6.45) is 0. The van der Waals surface area contributed by atoms with Crippen molar-refractivity contribution >= 4 is 38.9 Å². The van der Waals surface area contributed by atoms with E-state index in [1.165, 1.54) is 128 Å². The maximum absolute atomic E-state index is 2.52. The largest absolute Gasteiger partial charge is 0.310 e. The average molecular weight is 993 g/mol. The Morgan fingerprint density at radius 3 is 1.55 bits per heavy atom. The smallest absolute Gasteiger partial charge is 0.0754 e. The van der Waals surface area contributed by atoms with Crippen molar-refractivity contribution in [1.82, 2.24) is 4.57 Å². The minimum Gasteiger partial charge on any atom is -0.310 e. The highest BCUT2D eigenvalue weighted by Gasteiger charge is 2.51. The first-order chi connectivity index (χ1) is 38.4. The predicted molar refractivity (Wildman–Crippen MR) is 326 cm³/mol. The third kappa shape index (κ3) is 6.32. The number of fused-ring (bicyclic) bond motifs is 15. The highest BCUT2D eigenvalue weighted by Crippen LogP contribution is 2.62. The number of anilines is 3. The van der Waals surface area contributed by atoms with Crippen molar-refractivity contribution in [2.45, 2.75) is 24.7 Å². The lowest BCUT2D eigenvalue weighted by molar-refractivity contribution is 0.660. The van der Waals surface area contributed by atoms with Gasteiger partial charge in [-0.3, -0.25) is 0 Å². The lowest BCUT2D eigenvalue weighted by Crippen LogP contribution is -2.33. The molecule has 13 aromatic rings. The van der Waals surface area contributed by atoms with Crippen molar-refractivity contribution in [3.63, 3.8) is 0 Å². The van der Waals surface area contributed by atoms with Crippen LogP contribution in [0.3, 0.4) is 0 Å². The van der Waals surface area contributed by atoms with Gasteiger partial charge in [-0.25, -0.2) is 0 Å². The minimum atomic E-state index is -0.532. The molecule has 2 nitrogen and oxygen atoms in total. The molecule has 1 unspecified atom stereocenters. The van der Waals surface area contributed by atoms with Crippen LogP contribution in [0.1, 0.15) is 47.2 Å². The molecular formula is C76H52N2. The van der Waals surface area contributed by atoms with Gasteiger partial charge >= 0.3 is 0 Å². The van der Waals surface area contributed by atoms with Crippen LogP contribution < -0.4 is 4.90 Å². The molecule has 0 radical (unpaired) electrons. The van der Waals surface area contributed by atoms with E-state index >= 15 is 0 Å². The summed E-state index contributed by atoms with van der Waals surface area (Å²) in [5.74, 6) is 0. The summed E-state index contributed by atoms with van der Waals surface area (Å²) in [5, 5.41) is 2.57. The van der Waals surface area contributed by atoms with Gasteiger partial charge in [0.1, 0.15) is 0 Å². The van der Waals surface area contributed by atoms with Crippen molar-refractivity contribution in [3.05, 3.63) is 312 Å². The molecule has 3 aliphatic rings. The van der Waals surface area contributed by atoms with E-state index < -0.39 is 5.41 Å². The van der Waals surface area contributed by atoms with Crippen LogP contribution in [-0.4, -0.2) is 4.57 Å². The fraction of sp³-hybridized carbons (Fsp3) is 0.0526. The van der Waals surface area contributed by atoms with Gasteiger partial charge in [0.25, 0.3) is 0 Å². The van der Waals surface area contributed by atoms with E-state index in [0.717, 1.165) is 17.1 Å². The summed E-state index contributed by atoms with van der Waals surface area (Å²) in [4.78, 5) is 2.42. The number of benzene rings is 12. The molecule has 1 aliphatic heterocycles. The Morgan fingerprint density at radius 2 is 0.795 bits per heavy atom. The lowest BCUT2D eigenvalue weighted by atomic mass is 9.65. The molecule has 0 bridgehead atoms. The van der Waals surface area contributed by atoms with E-state index in [1.807, 2.05) is 0 Å². The Hall–Kier alpha value is -9.76. The molecular weight excluding hydrogens is 941 g/mol. The number of rotatable bonds is 7. The Bertz CT molecular complexity index is 4560. The van der Waals surface area contributed by atoms with Gasteiger partial charge in [-0.15, -0.1) is 0 Å². The monoisotopic (exact) mass is 992 g/mol. The van der Waals surface area contributed by atoms with E-state index in [2.05, 4.69) is 302 Å². The zero-order chi connectivity index (χ0) is 51.7. The molecule has 78 heavy (non-hydrogen) atoms. The molecule has 1 spiro atoms. The van der Waals surface area contributed by atoms with Crippen molar-refractivity contribution in [2.75, 3.05) is 4.90 Å². The molecule has 0 saturated heterocycles. The molecule has 2 aliphatic carbocycles. The Balaban J connectivity index is 0.837. The van der Waals surface area contributed by atoms with Crippen molar-refractivity contribution in [3.8, 4) is 72.4 Å². The third-order valence-corrected chi connectivity index (χ3v) is 17.6. The third-order valence-electron chi connectivity index (χ3n) is 17.6. The van der Waals surface area contributed by atoms with E-state index in [-0.39, 0.29) is 5.41 Å². The average Bonchev–Trinajstić information content (AvgIpc) is 4.18. The van der Waals surface area contributed by atoms with Gasteiger partial charge in [0, 0.05) is 33.2 Å². The zero-order valence-electron chi connectivity index (χ0n) is 43.5. The standard InChI is InChI=1S/C76H52N2/c1-75(2)65-26-9-6-21-60(65)61-46-41-54(48-70(61)75)53-39-44-57(45-40-53)77(56-42-37-52(38-43-56)51-35-33-50(34-36-51)49-17-4-3-5-18-49)58-20-14-19-55(47-58)59-24-15-29-68-73(59)64-23-7-10-27-66(64)76(68)67-28-11-13-32-72(67)78-71-31-12-8-22-62(71)63-25-16-30-69(76)74(63)78/h3-48H,1-2H3. The minimum absolute atomic E-state index is 0.0718. The molecule has 1 aromatic heterocycles. The SMILES string of the molecule is CC1(C)c2ccccc2-c2ccc(-c3ccc(N(c4ccc(-c5ccc(-c6ccccc6)cc5)cc4)c4cccc(-c5cccc6c5-c5ccccc5C65c6ccccc6-n6c7ccccc7c7cccc5c76)c4)cc3)cc21. The van der Waals surface area contributed by atoms with Gasteiger partial charge < -0.3 is 9.47 Å². The van der Waals surface area contributed by atoms with Crippen LogP contribution in [0.25, 0.3) is 94.3 Å². The van der Waals surface area contributed by atoms with Gasteiger partial charge in [0.15, 0.2) is 0 Å². The van der Waals surface area contributed by atoms with E-state index in [1.54, 1.807) is 0 Å². The maximum Gasteiger partial charge on any atom is 0.0754 e. The second-order valence-electron chi connectivity index (χ2n) is 21.9. The van der Waals surface area contributed by atoms with Gasteiger partial charge in [0.05, 0.1) is 22.1 Å². The zero-order valence-corrected chi connectivity index (χ0v) is 43.5. The van der Waals surface area contributed by atoms with Gasteiger partial charge in [-0.2, -0.15) is 0 Å². The van der Waals surface area contributed by atoms with Crippen LogP contribution in [0.2, 0.25) is 0 Å². The topological polar surface area (TPSA) is 8.17 Å². The molecule has 1 atom stereocenters. The Kier molecular flexibility index (Phi) is 9.63. The number of nitrogens with zero attached hydrogens (tertiary/aromatic N) is 2. The number of hydrogen-bond donors (Lipinski definition) is 0. The number of para-hydroxylation sites is 3. The second kappa shape index (κ2) is 16.9. The van der Waals surface area contributed by atoms with E-state index in [0.29, 0.717) is 0 Å². The summed E-state index contributed by atoms with van der Waals surface area (Å²) < 4.78 is 2.52. The van der Waals surface area contributed by atoms with E-state index in [9.17, 15) is 0 Å². The van der Waals surface area contributed by atoms with Crippen LogP contribution in [0.15, 0.2) is 279 Å². The summed E-state index contributed by atoms with van der Waals surface area (Å²) in [5.41, 5.74) is 29.4. The first-order valence-corrected chi connectivity index (χ1v) is 27.3. The van der Waals surface area contributed by atoms with Crippen LogP contribution in [0.4, 0.5) is 17.1 Å². The summed E-state index contributed by atoms with van der Waals surface area (Å²) in [7, 11) is 0. The molecule has 2 heteroatoms. The molecule has 12 aromatic carbocycles. The lowest BCUT2D eigenvalue weighted by Gasteiger charge is -2.39. The van der Waals surface area contributed by atoms with Gasteiger partial charge in [0.2, 0.25) is 0 Å². The Labute approximate surface area is 455 Å². The van der Waals surface area contributed by atoms with Crippen molar-refractivity contribution in [2.24, 2.45) is 0 Å². The van der Waals surface area contributed by atoms with Crippen molar-refractivity contribution in [1.29, 1.82) is 0 Å². The first-order valence-electron chi connectivity index (χ1n) is 27.3. The van der Waals surface area contributed by atoms with E-state index in [4.69, 9.17) is 0 Å². The number of aromatic nitrogens is 1. The fourth-order valence-electron chi connectivity index (χ4n) is 14.1. The highest BCUT2D eigenvalue weighted by molar-refractivity contribution is 6.13. The van der Waals surface area contributed by atoms with Crippen LogP contribution in [-0.2, 0) is 10.8 Å². The van der Waals surface area contributed by atoms with Crippen molar-refractivity contribution < 1.29 is 0 Å². The molecule has 16 rings (SSSR count). The normalized spacial score (nSPS) is 14.9. The molecule has 0 amide bonds. The maximum atomic E-state index is 2.52. The quantitative estimate of drug-likeness (QED) is 0.154. The molecule has 366 valence electrons. The molecule has 2 heterocycles. The van der Waals surface area contributed by atoms with Crippen LogP contribution >= 0.6 is 0 Å². The highest BCUT2D eigenvalue weighted by atomic mass is 15.1. The Morgan fingerprint density at radius 1 is 0.295 bits per heavy atom. The van der Waals surface area contributed by atoms with Crippen LogP contribution in [0.5, 0.6) is 0 Å². The second-order valence-corrected chi connectivity index (χ2v) is 21.9. The summed E-state index contributed by atoms with van der Waals surface area (Å²) in [6, 6.07) is 104. The number of hydrogen-bond acceptors (Lipinski definition) is 1. The molecule has 0 N–H and O–H groups in total. The fourth-order valence-corrected chi connectivity index (χ4v) is 14.1. The predicted octanol–water partition coefficient (Wildman–Crippen LogP) is 19.9. The van der Waals surface area contributed by atoms with Gasteiger partial charge in [-0.1, -0.05) is 238 Å². The molecule has 0 saturated carbocycles. The van der Waals surface area contributed by atoms with Crippen LogP contribution in [0, 0.1) is 0 Å². The summed E-state index contributed by atoms with van der Waals surface area (Å²) >= 11 is 0. The first kappa shape index (κ1) is 44.5. The molecule has 0 fully saturated rings. The van der Waals surface area contributed by atoms with Gasteiger partial charge in [-0.05, 0) is 155 Å².